The van der Waals surface area contributed by atoms with Gasteiger partial charge in [-0.05, 0) is 33.1 Å². The molecule has 0 bridgehead atoms. The van der Waals surface area contributed by atoms with Crippen molar-refractivity contribution in [3.8, 4) is 0 Å². The average molecular weight is 415 g/mol. The number of aromatic nitrogens is 3. The lowest BCUT2D eigenvalue weighted by Gasteiger charge is -2.30. The number of anilines is 1. The second-order valence-electron chi connectivity index (χ2n) is 7.60. The molecule has 2 aromatic heterocycles. The van der Waals surface area contributed by atoms with Gasteiger partial charge in [-0.25, -0.2) is 15.0 Å². The van der Waals surface area contributed by atoms with Gasteiger partial charge in [-0.3, -0.25) is 9.59 Å². The van der Waals surface area contributed by atoms with Crippen LogP contribution in [0.15, 0.2) is 0 Å². The number of rotatable bonds is 3. The molecule has 2 aromatic rings. The number of carbonyl (C=O) groups excluding carboxylic acids is 2. The molecule has 0 spiro atoms. The van der Waals surface area contributed by atoms with Crippen LogP contribution in [0.2, 0.25) is 0 Å². The predicted octanol–water partition coefficient (Wildman–Crippen LogP) is 2.47. The SMILES string of the molecule is CNc1nc([C@@H]2CCCN2C(=O)c2sc(C)nc2C)nc2c1CCN(C(C)=O)C2. The third-order valence-corrected chi connectivity index (χ3v) is 6.73. The Bertz CT molecular complexity index is 972. The van der Waals surface area contributed by atoms with Crippen LogP contribution in [0.4, 0.5) is 5.82 Å². The lowest BCUT2D eigenvalue weighted by molar-refractivity contribution is -0.129. The zero-order valence-electron chi connectivity index (χ0n) is 17.3. The highest BCUT2D eigenvalue weighted by atomic mass is 32.1. The summed E-state index contributed by atoms with van der Waals surface area (Å²) in [6, 6.07) is -0.158. The molecule has 8 nitrogen and oxygen atoms in total. The molecule has 1 N–H and O–H groups in total. The summed E-state index contributed by atoms with van der Waals surface area (Å²) in [5.74, 6) is 1.52. The van der Waals surface area contributed by atoms with Crippen molar-refractivity contribution in [2.75, 3.05) is 25.5 Å². The van der Waals surface area contributed by atoms with Crippen LogP contribution in [0.1, 0.15) is 63.3 Å². The van der Waals surface area contributed by atoms with Crippen LogP contribution in [-0.2, 0) is 17.8 Å². The van der Waals surface area contributed by atoms with Gasteiger partial charge in [-0.1, -0.05) is 0 Å². The molecular formula is C20H26N6O2S. The summed E-state index contributed by atoms with van der Waals surface area (Å²) in [6.07, 6.45) is 2.49. The van der Waals surface area contributed by atoms with Crippen molar-refractivity contribution in [3.63, 3.8) is 0 Å². The highest BCUT2D eigenvalue weighted by molar-refractivity contribution is 7.13. The van der Waals surface area contributed by atoms with E-state index >= 15 is 0 Å². The Morgan fingerprint density at radius 2 is 1.97 bits per heavy atom. The van der Waals surface area contributed by atoms with Crippen LogP contribution in [0.3, 0.4) is 0 Å². The van der Waals surface area contributed by atoms with E-state index in [4.69, 9.17) is 9.97 Å². The standard InChI is InChI=1S/C20H26N6O2S/c1-11-17(29-12(2)22-11)20(28)26-8-5-6-16(26)19-23-15-10-25(13(3)27)9-7-14(15)18(21-4)24-19/h16H,5-10H2,1-4H3,(H,21,23,24)/t16-/m0/s1. The second kappa shape index (κ2) is 7.70. The van der Waals surface area contributed by atoms with E-state index in [0.717, 1.165) is 47.0 Å². The van der Waals surface area contributed by atoms with E-state index in [1.807, 2.05) is 25.8 Å². The minimum Gasteiger partial charge on any atom is -0.373 e. The van der Waals surface area contributed by atoms with Crippen LogP contribution in [-0.4, -0.2) is 56.7 Å². The number of aryl methyl sites for hydroxylation is 2. The number of hydrogen-bond donors (Lipinski definition) is 1. The number of likely N-dealkylation sites (tertiary alicyclic amines) is 1. The normalized spacial score (nSPS) is 18.7. The van der Waals surface area contributed by atoms with Gasteiger partial charge in [0.2, 0.25) is 5.91 Å². The molecule has 4 heterocycles. The monoisotopic (exact) mass is 414 g/mol. The lowest BCUT2D eigenvalue weighted by atomic mass is 10.0. The van der Waals surface area contributed by atoms with Crippen molar-refractivity contribution in [1.29, 1.82) is 0 Å². The summed E-state index contributed by atoms with van der Waals surface area (Å²) >= 11 is 1.44. The number of amides is 2. The van der Waals surface area contributed by atoms with Gasteiger partial charge in [0.05, 0.1) is 29.0 Å². The van der Waals surface area contributed by atoms with Crippen LogP contribution in [0, 0.1) is 13.8 Å². The molecular weight excluding hydrogens is 388 g/mol. The molecule has 0 aliphatic carbocycles. The maximum atomic E-state index is 13.2. The minimum absolute atomic E-state index is 0.00768. The molecule has 1 fully saturated rings. The Hall–Kier alpha value is -2.55. The van der Waals surface area contributed by atoms with Crippen molar-refractivity contribution in [2.24, 2.45) is 0 Å². The third-order valence-electron chi connectivity index (χ3n) is 5.67. The number of fused-ring (bicyclic) bond motifs is 1. The van der Waals surface area contributed by atoms with E-state index in [9.17, 15) is 9.59 Å². The maximum Gasteiger partial charge on any atom is 0.266 e. The van der Waals surface area contributed by atoms with Gasteiger partial charge >= 0.3 is 0 Å². The van der Waals surface area contributed by atoms with Crippen molar-refractivity contribution in [3.05, 3.63) is 32.7 Å². The third kappa shape index (κ3) is 3.59. The maximum absolute atomic E-state index is 13.2. The van der Waals surface area contributed by atoms with Crippen molar-refractivity contribution >= 4 is 29.0 Å². The molecule has 9 heteroatoms. The van der Waals surface area contributed by atoms with E-state index in [1.165, 1.54) is 11.3 Å². The average Bonchev–Trinajstić information content (AvgIpc) is 3.32. The summed E-state index contributed by atoms with van der Waals surface area (Å²) in [5, 5.41) is 4.08. The zero-order chi connectivity index (χ0) is 20.7. The fourth-order valence-corrected chi connectivity index (χ4v) is 5.09. The van der Waals surface area contributed by atoms with Gasteiger partial charge < -0.3 is 15.1 Å². The summed E-state index contributed by atoms with van der Waals surface area (Å²) in [4.78, 5) is 43.5. The van der Waals surface area contributed by atoms with Crippen LogP contribution >= 0.6 is 11.3 Å². The van der Waals surface area contributed by atoms with Gasteiger partial charge in [-0.15, -0.1) is 11.3 Å². The van der Waals surface area contributed by atoms with E-state index in [1.54, 1.807) is 11.8 Å². The molecule has 4 rings (SSSR count). The van der Waals surface area contributed by atoms with Crippen LogP contribution in [0.25, 0.3) is 0 Å². The fraction of sp³-hybridized carbons (Fsp3) is 0.550. The van der Waals surface area contributed by atoms with Crippen molar-refractivity contribution in [2.45, 2.75) is 52.6 Å². The van der Waals surface area contributed by atoms with Crippen LogP contribution in [0.5, 0.6) is 0 Å². The molecule has 2 amide bonds. The molecule has 29 heavy (non-hydrogen) atoms. The van der Waals surface area contributed by atoms with Crippen molar-refractivity contribution in [1.82, 2.24) is 24.8 Å². The summed E-state index contributed by atoms with van der Waals surface area (Å²) < 4.78 is 0. The lowest BCUT2D eigenvalue weighted by Crippen LogP contribution is -2.36. The number of thiazole rings is 1. The quantitative estimate of drug-likeness (QED) is 0.830. The molecule has 1 saturated heterocycles. The van der Waals surface area contributed by atoms with E-state index < -0.39 is 0 Å². The molecule has 0 unspecified atom stereocenters. The zero-order valence-corrected chi connectivity index (χ0v) is 18.1. The topological polar surface area (TPSA) is 91.3 Å². The highest BCUT2D eigenvalue weighted by Gasteiger charge is 2.35. The van der Waals surface area contributed by atoms with Gasteiger partial charge in [0.1, 0.15) is 10.7 Å². The fourth-order valence-electron chi connectivity index (χ4n) is 4.21. The summed E-state index contributed by atoms with van der Waals surface area (Å²) in [6.45, 7) is 7.24. The Morgan fingerprint density at radius 3 is 2.62 bits per heavy atom. The Morgan fingerprint density at radius 1 is 1.17 bits per heavy atom. The predicted molar refractivity (Wildman–Crippen MR) is 111 cm³/mol. The number of carbonyl (C=O) groups is 2. The largest absolute Gasteiger partial charge is 0.373 e. The van der Waals surface area contributed by atoms with Crippen molar-refractivity contribution < 1.29 is 9.59 Å². The first-order valence-electron chi connectivity index (χ1n) is 9.97. The first-order valence-corrected chi connectivity index (χ1v) is 10.8. The second-order valence-corrected chi connectivity index (χ2v) is 8.80. The molecule has 1 atom stereocenters. The van der Waals surface area contributed by atoms with Gasteiger partial charge in [0.15, 0.2) is 5.82 Å². The molecule has 0 aromatic carbocycles. The molecule has 0 radical (unpaired) electrons. The van der Waals surface area contributed by atoms with E-state index in [2.05, 4.69) is 10.3 Å². The summed E-state index contributed by atoms with van der Waals surface area (Å²) in [5.41, 5.74) is 2.73. The number of nitrogens with zero attached hydrogens (tertiary/aromatic N) is 5. The number of nitrogens with one attached hydrogen (secondary N) is 1. The Balaban J connectivity index is 1.68. The molecule has 0 saturated carbocycles. The van der Waals surface area contributed by atoms with E-state index in [0.29, 0.717) is 30.3 Å². The molecule has 2 aliphatic rings. The molecule has 2 aliphatic heterocycles. The first kappa shape index (κ1) is 19.8. The van der Waals surface area contributed by atoms with Gasteiger partial charge in [0, 0.05) is 32.6 Å². The van der Waals surface area contributed by atoms with Gasteiger partial charge in [0.25, 0.3) is 5.91 Å². The summed E-state index contributed by atoms with van der Waals surface area (Å²) in [7, 11) is 1.85. The Kier molecular flexibility index (Phi) is 5.24. The minimum atomic E-state index is -0.158. The van der Waals surface area contributed by atoms with Crippen LogP contribution < -0.4 is 5.32 Å². The highest BCUT2D eigenvalue weighted by Crippen LogP contribution is 2.35. The Labute approximate surface area is 174 Å². The van der Waals surface area contributed by atoms with Gasteiger partial charge in [-0.2, -0.15) is 0 Å². The molecule has 154 valence electrons. The van der Waals surface area contributed by atoms with E-state index in [-0.39, 0.29) is 17.9 Å². The smallest absolute Gasteiger partial charge is 0.266 e. The first-order chi connectivity index (χ1) is 13.9. The number of hydrogen-bond acceptors (Lipinski definition) is 7.